The van der Waals surface area contributed by atoms with Crippen molar-refractivity contribution in [1.82, 2.24) is 0 Å². The van der Waals surface area contributed by atoms with Crippen molar-refractivity contribution in [2.45, 2.75) is 96.8 Å². The Kier molecular flexibility index (Phi) is 21.0. The zero-order valence-electron chi connectivity index (χ0n) is 18.8. The third kappa shape index (κ3) is 16.5. The quantitative estimate of drug-likeness (QED) is 0.139. The second-order valence-corrected chi connectivity index (χ2v) is 8.34. The second-order valence-electron chi connectivity index (χ2n) is 8.34. The first kappa shape index (κ1) is 27.6. The molecule has 0 bridgehead atoms. The minimum atomic E-state index is 0.117. The van der Waals surface area contributed by atoms with Crippen LogP contribution in [0.5, 0.6) is 0 Å². The van der Waals surface area contributed by atoms with Crippen LogP contribution in [0.4, 0.5) is 0 Å². The van der Waals surface area contributed by atoms with Crippen LogP contribution in [0.1, 0.15) is 96.8 Å². The van der Waals surface area contributed by atoms with E-state index in [2.05, 4.69) is 19.1 Å². The van der Waals surface area contributed by atoms with Crippen molar-refractivity contribution in [3.05, 3.63) is 12.2 Å². The normalized spacial score (nSPS) is 12.3. The molecular weight excluding hydrogens is 350 g/mol. The molecule has 0 rings (SSSR count). The van der Waals surface area contributed by atoms with Crippen LogP contribution in [-0.4, -0.2) is 65.8 Å². The lowest BCUT2D eigenvalue weighted by atomic mass is 10.1. The van der Waals surface area contributed by atoms with E-state index in [1.165, 1.54) is 83.5 Å². The van der Waals surface area contributed by atoms with Gasteiger partial charge in [0.2, 0.25) is 0 Å². The molecule has 0 saturated carbocycles. The number of nitrogens with zero attached hydrogens (tertiary/aromatic N) is 1. The van der Waals surface area contributed by atoms with Crippen LogP contribution in [0.25, 0.3) is 0 Å². The molecule has 0 radical (unpaired) electrons. The first-order valence-electron chi connectivity index (χ1n) is 12.1. The van der Waals surface area contributed by atoms with E-state index in [-0.39, 0.29) is 19.8 Å². The van der Waals surface area contributed by atoms with Crippen molar-refractivity contribution in [3.63, 3.8) is 0 Å². The molecule has 0 amide bonds. The van der Waals surface area contributed by atoms with Gasteiger partial charge in [0, 0.05) is 0 Å². The van der Waals surface area contributed by atoms with Crippen LogP contribution in [0.2, 0.25) is 0 Å². The Bertz CT molecular complexity index is 317. The first-order valence-corrected chi connectivity index (χ1v) is 12.1. The van der Waals surface area contributed by atoms with Crippen LogP contribution in [0, 0.1) is 0 Å². The Morgan fingerprint density at radius 1 is 0.500 bits per heavy atom. The molecule has 168 valence electrons. The Balaban J connectivity index is 3.56. The van der Waals surface area contributed by atoms with Crippen LogP contribution < -0.4 is 0 Å². The van der Waals surface area contributed by atoms with Gasteiger partial charge >= 0.3 is 0 Å². The van der Waals surface area contributed by atoms with Crippen LogP contribution in [0.15, 0.2) is 12.2 Å². The summed E-state index contributed by atoms with van der Waals surface area (Å²) in [5.41, 5.74) is 0. The molecule has 0 fully saturated rings. The number of aliphatic hydroxyl groups excluding tert-OH is 3. The predicted molar refractivity (Wildman–Crippen MR) is 120 cm³/mol. The zero-order chi connectivity index (χ0) is 20.8. The van der Waals surface area contributed by atoms with E-state index in [1.807, 2.05) is 0 Å². The monoisotopic (exact) mass is 400 g/mol. The molecule has 4 nitrogen and oxygen atoms in total. The maximum absolute atomic E-state index is 9.31. The number of rotatable bonds is 22. The Hall–Kier alpha value is -0.420. The summed E-state index contributed by atoms with van der Waals surface area (Å²) in [7, 11) is 0. The minimum absolute atomic E-state index is 0.117. The smallest absolute Gasteiger partial charge is 0.102 e. The van der Waals surface area contributed by atoms with Crippen molar-refractivity contribution >= 4 is 0 Å². The van der Waals surface area contributed by atoms with Gasteiger partial charge in [0.1, 0.15) is 19.6 Å². The minimum Gasteiger partial charge on any atom is -0.391 e. The summed E-state index contributed by atoms with van der Waals surface area (Å²) in [6, 6.07) is 0. The molecule has 0 atom stereocenters. The lowest BCUT2D eigenvalue weighted by molar-refractivity contribution is -0.929. The van der Waals surface area contributed by atoms with E-state index in [0.717, 1.165) is 13.0 Å². The molecular formula is C24H50NO3+. The fourth-order valence-electron chi connectivity index (χ4n) is 4.00. The van der Waals surface area contributed by atoms with Gasteiger partial charge in [0.25, 0.3) is 0 Å². The number of hydrogen-bond acceptors (Lipinski definition) is 3. The SMILES string of the molecule is CCCCCCCCC=CCCCCCCCC[N+](CCO)(CCO)CCO. The summed E-state index contributed by atoms with van der Waals surface area (Å²) >= 11 is 0. The zero-order valence-corrected chi connectivity index (χ0v) is 18.8. The van der Waals surface area contributed by atoms with E-state index in [1.54, 1.807) is 0 Å². The molecule has 0 heterocycles. The largest absolute Gasteiger partial charge is 0.391 e. The van der Waals surface area contributed by atoms with Gasteiger partial charge in [-0.2, -0.15) is 0 Å². The summed E-state index contributed by atoms with van der Waals surface area (Å²) in [6.45, 7) is 5.46. The standard InChI is InChI=1S/C24H50NO3/c1-2-3-4-5-6-7-8-9-10-11-12-13-14-15-16-17-18-25(19-22-26,20-23-27)21-24-28/h9-10,26-28H,2-8,11-24H2,1H3/q+1. The Morgan fingerprint density at radius 3 is 1.32 bits per heavy atom. The predicted octanol–water partition coefficient (Wildman–Crippen LogP) is 4.82. The molecule has 4 heteroatoms. The maximum atomic E-state index is 9.31. The summed E-state index contributed by atoms with van der Waals surface area (Å²) in [6.07, 6.45) is 23.0. The fourth-order valence-corrected chi connectivity index (χ4v) is 4.00. The van der Waals surface area contributed by atoms with Crippen LogP contribution in [0.3, 0.4) is 0 Å². The van der Waals surface area contributed by atoms with Gasteiger partial charge in [-0.3, -0.25) is 0 Å². The fraction of sp³-hybridized carbons (Fsp3) is 0.917. The number of quaternary nitrogens is 1. The van der Waals surface area contributed by atoms with Gasteiger partial charge in [0.15, 0.2) is 0 Å². The highest BCUT2D eigenvalue weighted by molar-refractivity contribution is 4.81. The van der Waals surface area contributed by atoms with E-state index in [4.69, 9.17) is 0 Å². The van der Waals surface area contributed by atoms with Crippen molar-refractivity contribution < 1.29 is 19.8 Å². The number of unbranched alkanes of at least 4 members (excludes halogenated alkanes) is 12. The average Bonchev–Trinajstić information content (AvgIpc) is 2.68. The summed E-state index contributed by atoms with van der Waals surface area (Å²) in [5.74, 6) is 0. The van der Waals surface area contributed by atoms with E-state index >= 15 is 0 Å². The molecule has 0 aliphatic rings. The number of allylic oxidation sites excluding steroid dienone is 2. The molecule has 0 aromatic heterocycles. The van der Waals surface area contributed by atoms with Crippen LogP contribution in [-0.2, 0) is 0 Å². The highest BCUT2D eigenvalue weighted by atomic mass is 16.3. The van der Waals surface area contributed by atoms with Crippen molar-refractivity contribution in [2.75, 3.05) is 46.0 Å². The lowest BCUT2D eigenvalue weighted by Crippen LogP contribution is -2.53. The highest BCUT2D eigenvalue weighted by Crippen LogP contribution is 2.13. The molecule has 0 aliphatic heterocycles. The molecule has 0 aromatic carbocycles. The molecule has 0 saturated heterocycles. The number of aliphatic hydroxyl groups is 3. The van der Waals surface area contributed by atoms with Gasteiger partial charge in [-0.05, 0) is 38.5 Å². The summed E-state index contributed by atoms with van der Waals surface area (Å²) in [4.78, 5) is 0. The molecule has 0 unspecified atom stereocenters. The molecule has 3 N–H and O–H groups in total. The third-order valence-electron chi connectivity index (χ3n) is 5.87. The van der Waals surface area contributed by atoms with E-state index < -0.39 is 0 Å². The van der Waals surface area contributed by atoms with E-state index in [9.17, 15) is 15.3 Å². The first-order chi connectivity index (χ1) is 13.7. The van der Waals surface area contributed by atoms with Gasteiger partial charge in [-0.1, -0.05) is 70.4 Å². The Labute approximate surface area is 175 Å². The van der Waals surface area contributed by atoms with E-state index in [0.29, 0.717) is 24.1 Å². The average molecular weight is 401 g/mol. The summed E-state index contributed by atoms with van der Waals surface area (Å²) in [5, 5.41) is 27.9. The van der Waals surface area contributed by atoms with Crippen molar-refractivity contribution in [3.8, 4) is 0 Å². The van der Waals surface area contributed by atoms with Gasteiger partial charge in [0.05, 0.1) is 26.4 Å². The van der Waals surface area contributed by atoms with Gasteiger partial charge in [-0.25, -0.2) is 0 Å². The van der Waals surface area contributed by atoms with Crippen LogP contribution >= 0.6 is 0 Å². The van der Waals surface area contributed by atoms with Crippen molar-refractivity contribution in [2.24, 2.45) is 0 Å². The van der Waals surface area contributed by atoms with Crippen molar-refractivity contribution in [1.29, 1.82) is 0 Å². The number of hydrogen-bond donors (Lipinski definition) is 3. The lowest BCUT2D eigenvalue weighted by Gasteiger charge is -2.37. The molecule has 0 spiro atoms. The third-order valence-corrected chi connectivity index (χ3v) is 5.87. The topological polar surface area (TPSA) is 60.7 Å². The summed E-state index contributed by atoms with van der Waals surface area (Å²) < 4.78 is 0.646. The molecule has 0 aromatic rings. The Morgan fingerprint density at radius 2 is 0.893 bits per heavy atom. The molecule has 0 aliphatic carbocycles. The second kappa shape index (κ2) is 21.3. The van der Waals surface area contributed by atoms with Gasteiger partial charge < -0.3 is 19.8 Å². The molecule has 28 heavy (non-hydrogen) atoms. The maximum Gasteiger partial charge on any atom is 0.102 e. The highest BCUT2D eigenvalue weighted by Gasteiger charge is 2.25. The van der Waals surface area contributed by atoms with Gasteiger partial charge in [-0.15, -0.1) is 0 Å².